The van der Waals surface area contributed by atoms with E-state index < -0.39 is 0 Å². The monoisotopic (exact) mass is 260 g/mol. The van der Waals surface area contributed by atoms with Crippen molar-refractivity contribution >= 4 is 5.91 Å². The molecule has 1 fully saturated rings. The van der Waals surface area contributed by atoms with E-state index in [0.717, 1.165) is 12.1 Å². The Labute approximate surface area is 116 Å². The van der Waals surface area contributed by atoms with Gasteiger partial charge in [-0.1, -0.05) is 58.0 Å². The van der Waals surface area contributed by atoms with Crippen molar-refractivity contribution in [3.63, 3.8) is 0 Å². The lowest BCUT2D eigenvalue weighted by Crippen LogP contribution is -2.43. The largest absolute Gasteiger partial charge is 0.325 e. The van der Waals surface area contributed by atoms with Crippen LogP contribution in [-0.2, 0) is 4.79 Å². The van der Waals surface area contributed by atoms with E-state index in [1.807, 2.05) is 35.2 Å². The molecule has 1 aromatic rings. The molecule has 1 aliphatic heterocycles. The number of rotatable bonds is 4. The summed E-state index contributed by atoms with van der Waals surface area (Å²) in [5.74, 6) is 1.11. The first-order valence-corrected chi connectivity index (χ1v) is 7.12. The van der Waals surface area contributed by atoms with Crippen molar-refractivity contribution in [2.45, 2.75) is 39.9 Å². The number of carbonyl (C=O) groups excluding carboxylic acids is 1. The third-order valence-corrected chi connectivity index (χ3v) is 3.53. The topological polar surface area (TPSA) is 32.3 Å². The van der Waals surface area contributed by atoms with Gasteiger partial charge in [-0.05, 0) is 17.4 Å². The predicted octanol–water partition coefficient (Wildman–Crippen LogP) is 2.80. The van der Waals surface area contributed by atoms with Crippen molar-refractivity contribution in [3.8, 4) is 0 Å². The lowest BCUT2D eigenvalue weighted by atomic mass is 10.1. The SMILES string of the molecule is CC(C)CN1C(=O)C(c2ccccc2)NC1C(C)C. The molecule has 0 bridgehead atoms. The zero-order chi connectivity index (χ0) is 14.0. The number of amides is 1. The average Bonchev–Trinajstić information content (AvgIpc) is 2.68. The summed E-state index contributed by atoms with van der Waals surface area (Å²) in [5.41, 5.74) is 1.06. The smallest absolute Gasteiger partial charge is 0.245 e. The van der Waals surface area contributed by atoms with Gasteiger partial charge in [0.2, 0.25) is 5.91 Å². The Morgan fingerprint density at radius 1 is 1.16 bits per heavy atom. The van der Waals surface area contributed by atoms with Gasteiger partial charge in [0.05, 0.1) is 6.17 Å². The lowest BCUT2D eigenvalue weighted by Gasteiger charge is -2.28. The van der Waals surface area contributed by atoms with Crippen molar-refractivity contribution in [3.05, 3.63) is 35.9 Å². The third-order valence-electron chi connectivity index (χ3n) is 3.53. The zero-order valence-corrected chi connectivity index (χ0v) is 12.3. The van der Waals surface area contributed by atoms with Crippen LogP contribution in [0.1, 0.15) is 39.3 Å². The van der Waals surface area contributed by atoms with E-state index in [0.29, 0.717) is 11.8 Å². The van der Waals surface area contributed by atoms with Gasteiger partial charge in [0, 0.05) is 6.54 Å². The van der Waals surface area contributed by atoms with E-state index >= 15 is 0 Å². The lowest BCUT2D eigenvalue weighted by molar-refractivity contribution is -0.131. The van der Waals surface area contributed by atoms with E-state index in [-0.39, 0.29) is 18.1 Å². The van der Waals surface area contributed by atoms with Crippen LogP contribution in [0.15, 0.2) is 30.3 Å². The highest BCUT2D eigenvalue weighted by Crippen LogP contribution is 2.27. The molecule has 2 atom stereocenters. The number of nitrogens with zero attached hydrogens (tertiary/aromatic N) is 1. The van der Waals surface area contributed by atoms with Crippen molar-refractivity contribution in [2.24, 2.45) is 11.8 Å². The average molecular weight is 260 g/mol. The molecule has 0 aromatic heterocycles. The fourth-order valence-electron chi connectivity index (χ4n) is 2.67. The van der Waals surface area contributed by atoms with Gasteiger partial charge in [-0.2, -0.15) is 0 Å². The molecule has 19 heavy (non-hydrogen) atoms. The Hall–Kier alpha value is -1.35. The Balaban J connectivity index is 2.23. The van der Waals surface area contributed by atoms with Crippen molar-refractivity contribution in [1.82, 2.24) is 10.2 Å². The van der Waals surface area contributed by atoms with E-state index in [4.69, 9.17) is 0 Å². The fraction of sp³-hybridized carbons (Fsp3) is 0.562. The van der Waals surface area contributed by atoms with Gasteiger partial charge in [-0.25, -0.2) is 0 Å². The summed E-state index contributed by atoms with van der Waals surface area (Å²) >= 11 is 0. The molecule has 1 heterocycles. The highest BCUT2D eigenvalue weighted by Gasteiger charge is 2.40. The molecular weight excluding hydrogens is 236 g/mol. The molecule has 0 aliphatic carbocycles. The number of benzene rings is 1. The van der Waals surface area contributed by atoms with Gasteiger partial charge in [0.1, 0.15) is 6.04 Å². The van der Waals surface area contributed by atoms with Gasteiger partial charge in [0.15, 0.2) is 0 Å². The Morgan fingerprint density at radius 2 is 1.79 bits per heavy atom. The van der Waals surface area contributed by atoms with Gasteiger partial charge in [-0.15, -0.1) is 0 Å². The first-order chi connectivity index (χ1) is 9.00. The molecule has 1 N–H and O–H groups in total. The van der Waals surface area contributed by atoms with Crippen LogP contribution in [0.3, 0.4) is 0 Å². The van der Waals surface area contributed by atoms with Crippen LogP contribution in [0, 0.1) is 11.8 Å². The van der Waals surface area contributed by atoms with Crippen LogP contribution >= 0.6 is 0 Å². The summed E-state index contributed by atoms with van der Waals surface area (Å²) in [6, 6.07) is 9.80. The van der Waals surface area contributed by atoms with Crippen molar-refractivity contribution in [1.29, 1.82) is 0 Å². The maximum Gasteiger partial charge on any atom is 0.245 e. The molecular formula is C16H24N2O. The van der Waals surface area contributed by atoms with E-state index in [9.17, 15) is 4.79 Å². The minimum atomic E-state index is -0.188. The van der Waals surface area contributed by atoms with Crippen molar-refractivity contribution < 1.29 is 4.79 Å². The Kier molecular flexibility index (Phi) is 4.25. The van der Waals surface area contributed by atoms with Crippen LogP contribution in [0.5, 0.6) is 0 Å². The Bertz CT molecular complexity index is 428. The highest BCUT2D eigenvalue weighted by atomic mass is 16.2. The predicted molar refractivity (Wildman–Crippen MR) is 77.5 cm³/mol. The molecule has 104 valence electrons. The van der Waals surface area contributed by atoms with Crippen LogP contribution < -0.4 is 5.32 Å². The molecule has 1 aliphatic rings. The molecule has 2 rings (SSSR count). The molecule has 0 saturated carbocycles. The maximum absolute atomic E-state index is 12.6. The molecule has 0 radical (unpaired) electrons. The molecule has 3 heteroatoms. The zero-order valence-electron chi connectivity index (χ0n) is 12.3. The second-order valence-electron chi connectivity index (χ2n) is 6.08. The number of nitrogens with one attached hydrogen (secondary N) is 1. The van der Waals surface area contributed by atoms with Crippen LogP contribution in [-0.4, -0.2) is 23.5 Å². The third kappa shape index (κ3) is 2.98. The molecule has 1 saturated heterocycles. The quantitative estimate of drug-likeness (QED) is 0.903. The maximum atomic E-state index is 12.6. The fourth-order valence-corrected chi connectivity index (χ4v) is 2.67. The van der Waals surface area contributed by atoms with Crippen molar-refractivity contribution in [2.75, 3.05) is 6.54 Å². The Morgan fingerprint density at radius 3 is 2.32 bits per heavy atom. The highest BCUT2D eigenvalue weighted by molar-refractivity contribution is 5.85. The first kappa shape index (κ1) is 14.1. The minimum absolute atomic E-state index is 0.139. The van der Waals surface area contributed by atoms with Gasteiger partial charge >= 0.3 is 0 Å². The van der Waals surface area contributed by atoms with E-state index in [1.165, 1.54) is 0 Å². The summed E-state index contributed by atoms with van der Waals surface area (Å²) in [6.07, 6.45) is 0.139. The minimum Gasteiger partial charge on any atom is -0.325 e. The molecule has 1 amide bonds. The molecule has 2 unspecified atom stereocenters. The standard InChI is InChI=1S/C16H24N2O/c1-11(2)10-18-15(12(3)4)17-14(16(18)19)13-8-6-5-7-9-13/h5-9,11-12,14-15,17H,10H2,1-4H3. The van der Waals surface area contributed by atoms with Crippen LogP contribution in [0.4, 0.5) is 0 Å². The summed E-state index contributed by atoms with van der Waals surface area (Å²) in [6.45, 7) is 9.44. The normalized spacial score (nSPS) is 23.7. The van der Waals surface area contributed by atoms with Crippen LogP contribution in [0.25, 0.3) is 0 Å². The van der Waals surface area contributed by atoms with Gasteiger partial charge < -0.3 is 4.90 Å². The summed E-state index contributed by atoms with van der Waals surface area (Å²) < 4.78 is 0. The number of hydrogen-bond donors (Lipinski definition) is 1. The van der Waals surface area contributed by atoms with Crippen LogP contribution in [0.2, 0.25) is 0 Å². The first-order valence-electron chi connectivity index (χ1n) is 7.12. The van der Waals surface area contributed by atoms with E-state index in [1.54, 1.807) is 0 Å². The number of carbonyl (C=O) groups is 1. The molecule has 1 aromatic carbocycles. The molecule has 3 nitrogen and oxygen atoms in total. The van der Waals surface area contributed by atoms with Gasteiger partial charge in [0.25, 0.3) is 0 Å². The second kappa shape index (κ2) is 5.74. The summed E-state index contributed by atoms with van der Waals surface area (Å²) in [7, 11) is 0. The number of hydrogen-bond acceptors (Lipinski definition) is 2. The summed E-state index contributed by atoms with van der Waals surface area (Å²) in [4.78, 5) is 14.6. The van der Waals surface area contributed by atoms with E-state index in [2.05, 4.69) is 33.0 Å². The van der Waals surface area contributed by atoms with Gasteiger partial charge in [-0.3, -0.25) is 10.1 Å². The molecule has 0 spiro atoms. The second-order valence-corrected chi connectivity index (χ2v) is 6.08. The summed E-state index contributed by atoms with van der Waals surface area (Å²) in [5, 5.41) is 3.49.